The Labute approximate surface area is 135 Å². The molecule has 21 heavy (non-hydrogen) atoms. The minimum Gasteiger partial charge on any atom is -0.330 e. The van der Waals surface area contributed by atoms with E-state index in [-0.39, 0.29) is 17.8 Å². The minimum absolute atomic E-state index is 0. The molecule has 122 valence electrons. The van der Waals surface area contributed by atoms with Crippen LogP contribution >= 0.6 is 12.4 Å². The summed E-state index contributed by atoms with van der Waals surface area (Å²) in [5.74, 6) is 0. The Morgan fingerprint density at radius 3 is 2.19 bits per heavy atom. The number of benzene rings is 1. The van der Waals surface area contributed by atoms with E-state index < -0.39 is 10.0 Å². The first-order valence-electron chi connectivity index (χ1n) is 7.14. The summed E-state index contributed by atoms with van der Waals surface area (Å²) in [6.45, 7) is 7.46. The number of nitrogens with one attached hydrogen (secondary N) is 1. The number of halogens is 1. The summed E-state index contributed by atoms with van der Waals surface area (Å²) < 4.78 is 26.8. The van der Waals surface area contributed by atoms with E-state index in [0.717, 1.165) is 24.8 Å². The van der Waals surface area contributed by atoms with E-state index >= 15 is 0 Å². The maximum absolute atomic E-state index is 12.1. The molecule has 0 atom stereocenters. The van der Waals surface area contributed by atoms with Crippen molar-refractivity contribution < 1.29 is 8.42 Å². The van der Waals surface area contributed by atoms with Crippen molar-refractivity contribution in [1.82, 2.24) is 4.72 Å². The average molecular weight is 335 g/mol. The summed E-state index contributed by atoms with van der Waals surface area (Å²) in [5.41, 5.74) is 6.60. The summed E-state index contributed by atoms with van der Waals surface area (Å²) in [6.07, 6.45) is 2.60. The van der Waals surface area contributed by atoms with Crippen molar-refractivity contribution in [2.45, 2.75) is 50.3 Å². The lowest BCUT2D eigenvalue weighted by Gasteiger charge is -2.23. The second-order valence-corrected chi connectivity index (χ2v) is 7.42. The summed E-state index contributed by atoms with van der Waals surface area (Å²) in [7, 11) is -3.40. The van der Waals surface area contributed by atoms with Gasteiger partial charge in [0.1, 0.15) is 0 Å². The van der Waals surface area contributed by atoms with Crippen molar-refractivity contribution in [2.75, 3.05) is 13.1 Å². The quantitative estimate of drug-likeness (QED) is 0.718. The summed E-state index contributed by atoms with van der Waals surface area (Å²) >= 11 is 0. The molecule has 1 aromatic carbocycles. The van der Waals surface area contributed by atoms with Gasteiger partial charge >= 0.3 is 0 Å². The standard InChI is InChI=1S/C15H26N2O2S.ClH/c1-4-15(2,3)13-7-9-14(10-8-13)20(18,19)17-12-6-5-11-16;/h7-10,17H,4-6,11-12,16H2,1-3H3;1H. The molecule has 0 aliphatic carbocycles. The first kappa shape index (κ1) is 20.4. The molecule has 0 aromatic heterocycles. The number of unbranched alkanes of at least 4 members (excludes halogenated alkanes) is 1. The van der Waals surface area contributed by atoms with Crippen LogP contribution in [-0.2, 0) is 15.4 Å². The van der Waals surface area contributed by atoms with Crippen LogP contribution in [0.4, 0.5) is 0 Å². The first-order chi connectivity index (χ1) is 9.33. The Morgan fingerprint density at radius 1 is 1.14 bits per heavy atom. The molecule has 1 rings (SSSR count). The van der Waals surface area contributed by atoms with E-state index in [0.29, 0.717) is 18.0 Å². The van der Waals surface area contributed by atoms with Crippen LogP contribution in [0, 0.1) is 0 Å². The van der Waals surface area contributed by atoms with Crippen molar-refractivity contribution >= 4 is 22.4 Å². The van der Waals surface area contributed by atoms with Crippen LogP contribution in [0.5, 0.6) is 0 Å². The minimum atomic E-state index is -3.40. The van der Waals surface area contributed by atoms with Crippen LogP contribution in [0.25, 0.3) is 0 Å². The van der Waals surface area contributed by atoms with Crippen molar-refractivity contribution in [3.63, 3.8) is 0 Å². The van der Waals surface area contributed by atoms with Gasteiger partial charge in [-0.25, -0.2) is 13.1 Å². The molecule has 0 aliphatic rings. The topological polar surface area (TPSA) is 72.2 Å². The van der Waals surface area contributed by atoms with E-state index in [9.17, 15) is 8.42 Å². The Bertz CT molecular complexity index is 513. The fraction of sp³-hybridized carbons (Fsp3) is 0.600. The van der Waals surface area contributed by atoms with Gasteiger partial charge in [0.15, 0.2) is 0 Å². The Hall–Kier alpha value is -0.620. The van der Waals surface area contributed by atoms with E-state index in [4.69, 9.17) is 5.73 Å². The monoisotopic (exact) mass is 334 g/mol. The predicted octanol–water partition coefficient (Wildman–Crippen LogP) is 2.81. The Kier molecular flexibility index (Phi) is 8.48. The van der Waals surface area contributed by atoms with Crippen LogP contribution in [0.3, 0.4) is 0 Å². The second kappa shape index (κ2) is 8.73. The van der Waals surface area contributed by atoms with Crippen LogP contribution in [0.1, 0.15) is 45.6 Å². The van der Waals surface area contributed by atoms with Gasteiger partial charge in [-0.3, -0.25) is 0 Å². The highest BCUT2D eigenvalue weighted by Crippen LogP contribution is 2.27. The summed E-state index contributed by atoms with van der Waals surface area (Å²) in [5, 5.41) is 0. The van der Waals surface area contributed by atoms with Gasteiger partial charge in [0.2, 0.25) is 10.0 Å². The average Bonchev–Trinajstić information content (AvgIpc) is 2.44. The van der Waals surface area contributed by atoms with E-state index in [1.54, 1.807) is 12.1 Å². The van der Waals surface area contributed by atoms with Crippen molar-refractivity contribution in [1.29, 1.82) is 0 Å². The highest BCUT2D eigenvalue weighted by molar-refractivity contribution is 7.89. The van der Waals surface area contributed by atoms with Crippen molar-refractivity contribution in [3.05, 3.63) is 29.8 Å². The number of hydrogen-bond acceptors (Lipinski definition) is 3. The summed E-state index contributed by atoms with van der Waals surface area (Å²) in [4.78, 5) is 0.320. The molecule has 0 radical (unpaired) electrons. The zero-order valence-corrected chi connectivity index (χ0v) is 14.7. The lowest BCUT2D eigenvalue weighted by atomic mass is 9.82. The molecule has 0 saturated heterocycles. The van der Waals surface area contributed by atoms with Gasteiger partial charge in [0, 0.05) is 6.54 Å². The van der Waals surface area contributed by atoms with Gasteiger partial charge in [-0.1, -0.05) is 32.9 Å². The van der Waals surface area contributed by atoms with Gasteiger partial charge in [0.05, 0.1) is 4.90 Å². The van der Waals surface area contributed by atoms with Gasteiger partial charge in [-0.15, -0.1) is 12.4 Å². The smallest absolute Gasteiger partial charge is 0.240 e. The fourth-order valence-corrected chi connectivity index (χ4v) is 2.92. The van der Waals surface area contributed by atoms with Crippen molar-refractivity contribution in [2.24, 2.45) is 5.73 Å². The van der Waals surface area contributed by atoms with Crippen LogP contribution in [-0.4, -0.2) is 21.5 Å². The fourth-order valence-electron chi connectivity index (χ4n) is 1.85. The molecule has 0 fully saturated rings. The normalized spacial score (nSPS) is 12.0. The third-order valence-corrected chi connectivity index (χ3v) is 5.23. The Balaban J connectivity index is 0.00000400. The number of sulfonamides is 1. The predicted molar refractivity (Wildman–Crippen MR) is 90.5 cm³/mol. The maximum atomic E-state index is 12.1. The second-order valence-electron chi connectivity index (χ2n) is 5.66. The molecule has 0 heterocycles. The number of nitrogens with two attached hydrogens (primary N) is 1. The van der Waals surface area contributed by atoms with E-state index in [1.165, 1.54) is 0 Å². The highest BCUT2D eigenvalue weighted by Gasteiger charge is 2.19. The van der Waals surface area contributed by atoms with E-state index in [2.05, 4.69) is 25.5 Å². The molecular formula is C15H27ClN2O2S. The van der Waals surface area contributed by atoms with Gasteiger partial charge < -0.3 is 5.73 Å². The number of hydrogen-bond donors (Lipinski definition) is 2. The van der Waals surface area contributed by atoms with Crippen LogP contribution in [0.15, 0.2) is 29.2 Å². The molecule has 6 heteroatoms. The molecule has 0 amide bonds. The molecule has 0 spiro atoms. The zero-order valence-electron chi connectivity index (χ0n) is 13.1. The molecule has 0 aliphatic heterocycles. The number of rotatable bonds is 8. The third-order valence-electron chi connectivity index (χ3n) is 3.75. The molecule has 0 saturated carbocycles. The SMILES string of the molecule is CCC(C)(C)c1ccc(S(=O)(=O)NCCCCN)cc1.Cl. The van der Waals surface area contributed by atoms with E-state index in [1.807, 2.05) is 12.1 Å². The Morgan fingerprint density at radius 2 is 1.71 bits per heavy atom. The zero-order chi connectivity index (χ0) is 15.2. The first-order valence-corrected chi connectivity index (χ1v) is 8.62. The lowest BCUT2D eigenvalue weighted by Crippen LogP contribution is -2.25. The molecule has 1 aromatic rings. The largest absolute Gasteiger partial charge is 0.330 e. The third kappa shape index (κ3) is 5.94. The molecule has 3 N–H and O–H groups in total. The molecular weight excluding hydrogens is 308 g/mol. The van der Waals surface area contributed by atoms with Crippen molar-refractivity contribution in [3.8, 4) is 0 Å². The molecule has 4 nitrogen and oxygen atoms in total. The van der Waals surface area contributed by atoms with Crippen LogP contribution < -0.4 is 10.5 Å². The summed E-state index contributed by atoms with van der Waals surface area (Å²) in [6, 6.07) is 7.16. The maximum Gasteiger partial charge on any atom is 0.240 e. The highest BCUT2D eigenvalue weighted by atomic mass is 35.5. The molecule has 0 bridgehead atoms. The molecule has 0 unspecified atom stereocenters. The van der Waals surface area contributed by atoms with Gasteiger partial charge in [0.25, 0.3) is 0 Å². The van der Waals surface area contributed by atoms with Gasteiger partial charge in [-0.05, 0) is 48.9 Å². The van der Waals surface area contributed by atoms with Gasteiger partial charge in [-0.2, -0.15) is 0 Å². The lowest BCUT2D eigenvalue weighted by molar-refractivity contribution is 0.505. The van der Waals surface area contributed by atoms with Crippen LogP contribution in [0.2, 0.25) is 0 Å².